The maximum absolute atomic E-state index is 12.3. The second-order valence-corrected chi connectivity index (χ2v) is 6.17. The summed E-state index contributed by atoms with van der Waals surface area (Å²) in [5, 5.41) is 2.81. The largest absolute Gasteiger partial charge is 0.448 e. The van der Waals surface area contributed by atoms with Gasteiger partial charge in [0.2, 0.25) is 0 Å². The van der Waals surface area contributed by atoms with Gasteiger partial charge in [0.05, 0.1) is 0 Å². The Balaban J connectivity index is 2.05. The van der Waals surface area contributed by atoms with Crippen LogP contribution in [0.5, 0.6) is 0 Å². The van der Waals surface area contributed by atoms with E-state index in [-0.39, 0.29) is 11.5 Å². The number of ether oxygens (including phenoxy) is 1. The Morgan fingerprint density at radius 1 is 1.08 bits per heavy atom. The van der Waals surface area contributed by atoms with E-state index in [0.29, 0.717) is 5.56 Å². The van der Waals surface area contributed by atoms with Crippen LogP contribution in [0.3, 0.4) is 0 Å². The first kappa shape index (κ1) is 18.4. The molecule has 1 aromatic heterocycles. The summed E-state index contributed by atoms with van der Waals surface area (Å²) in [6.45, 7) is 8.71. The Morgan fingerprint density at radius 3 is 2.20 bits per heavy atom. The van der Waals surface area contributed by atoms with Gasteiger partial charge in [-0.25, -0.2) is 4.79 Å². The van der Waals surface area contributed by atoms with Crippen LogP contribution in [0.25, 0.3) is 0 Å². The van der Waals surface area contributed by atoms with Crippen molar-refractivity contribution in [3.63, 3.8) is 0 Å². The van der Waals surface area contributed by atoms with Crippen LogP contribution in [0.4, 0.5) is 5.69 Å². The second-order valence-electron chi connectivity index (χ2n) is 6.17. The molecule has 1 amide bonds. The highest BCUT2D eigenvalue weighted by molar-refractivity contribution is 5.99. The summed E-state index contributed by atoms with van der Waals surface area (Å²) in [6.07, 6.45) is 0.458. The zero-order valence-corrected chi connectivity index (χ0v) is 15.0. The molecule has 0 saturated carbocycles. The molecule has 2 aromatic rings. The van der Waals surface area contributed by atoms with Gasteiger partial charge in [-0.3, -0.25) is 9.59 Å². The molecule has 0 saturated heterocycles. The molecule has 0 bridgehead atoms. The number of aromatic amines is 1. The number of amides is 1. The number of ketones is 1. The molecule has 0 radical (unpaired) electrons. The zero-order chi connectivity index (χ0) is 18.7. The van der Waals surface area contributed by atoms with E-state index in [9.17, 15) is 14.4 Å². The van der Waals surface area contributed by atoms with Crippen molar-refractivity contribution in [2.24, 2.45) is 0 Å². The van der Waals surface area contributed by atoms with Crippen LogP contribution in [-0.4, -0.2) is 28.7 Å². The van der Waals surface area contributed by atoms with Gasteiger partial charge in [0, 0.05) is 17.4 Å². The molecule has 6 heteroatoms. The van der Waals surface area contributed by atoms with Crippen LogP contribution >= 0.6 is 0 Å². The molecular weight excluding hydrogens is 320 g/mol. The van der Waals surface area contributed by atoms with Crippen molar-refractivity contribution in [1.29, 1.82) is 0 Å². The zero-order valence-electron chi connectivity index (χ0n) is 15.0. The average Bonchev–Trinajstić information content (AvgIpc) is 3.00. The average molecular weight is 342 g/mol. The Morgan fingerprint density at radius 2 is 1.68 bits per heavy atom. The lowest BCUT2D eigenvalue weighted by Crippen LogP contribution is -2.30. The molecule has 1 heterocycles. The molecule has 0 aliphatic rings. The molecule has 6 nitrogen and oxygen atoms in total. The van der Waals surface area contributed by atoms with Gasteiger partial charge in [-0.15, -0.1) is 0 Å². The predicted molar refractivity (Wildman–Crippen MR) is 95.0 cm³/mol. The van der Waals surface area contributed by atoms with Crippen molar-refractivity contribution in [3.8, 4) is 0 Å². The summed E-state index contributed by atoms with van der Waals surface area (Å²) in [6, 6.07) is 5.35. The minimum Gasteiger partial charge on any atom is -0.448 e. The summed E-state index contributed by atoms with van der Waals surface area (Å²) >= 11 is 0. The molecule has 0 unspecified atom stereocenters. The lowest BCUT2D eigenvalue weighted by atomic mass is 10.0. The maximum atomic E-state index is 12.3. The number of esters is 1. The topological polar surface area (TPSA) is 88.3 Å². The highest BCUT2D eigenvalue weighted by Gasteiger charge is 2.21. The van der Waals surface area contributed by atoms with E-state index in [1.54, 1.807) is 0 Å². The molecule has 1 atom stereocenters. The van der Waals surface area contributed by atoms with Crippen molar-refractivity contribution in [2.75, 3.05) is 5.32 Å². The van der Waals surface area contributed by atoms with Gasteiger partial charge in [0.25, 0.3) is 5.91 Å². The van der Waals surface area contributed by atoms with Crippen LogP contribution in [0.1, 0.15) is 51.4 Å². The van der Waals surface area contributed by atoms with E-state index >= 15 is 0 Å². The normalized spacial score (nSPS) is 11.7. The monoisotopic (exact) mass is 342 g/mol. The Bertz CT molecular complexity index is 813. The molecule has 132 valence electrons. The number of hydrogen-bond acceptors (Lipinski definition) is 4. The van der Waals surface area contributed by atoms with E-state index < -0.39 is 18.0 Å². The smallest absolute Gasteiger partial charge is 0.355 e. The molecule has 2 N–H and O–H groups in total. The number of H-pyrrole nitrogens is 1. The van der Waals surface area contributed by atoms with Crippen LogP contribution in [0.2, 0.25) is 0 Å². The first-order valence-corrected chi connectivity index (χ1v) is 7.98. The molecule has 0 spiro atoms. The molecule has 0 aliphatic carbocycles. The Kier molecular flexibility index (Phi) is 5.41. The van der Waals surface area contributed by atoms with Gasteiger partial charge in [-0.1, -0.05) is 17.7 Å². The lowest BCUT2D eigenvalue weighted by Gasteiger charge is -2.16. The number of benzene rings is 1. The summed E-state index contributed by atoms with van der Waals surface area (Å²) < 4.78 is 5.17. The second kappa shape index (κ2) is 7.34. The third-order valence-corrected chi connectivity index (χ3v) is 3.89. The number of rotatable bonds is 5. The molecule has 0 fully saturated rings. The minimum atomic E-state index is -0.975. The number of aryl methyl sites for hydroxylation is 3. The van der Waals surface area contributed by atoms with Gasteiger partial charge in [-0.05, 0) is 51.8 Å². The first-order valence-electron chi connectivity index (χ1n) is 7.98. The summed E-state index contributed by atoms with van der Waals surface area (Å²) in [4.78, 5) is 38.4. The van der Waals surface area contributed by atoms with Crippen molar-refractivity contribution < 1.29 is 19.1 Å². The van der Waals surface area contributed by atoms with Gasteiger partial charge < -0.3 is 15.0 Å². The molecule has 25 heavy (non-hydrogen) atoms. The van der Waals surface area contributed by atoms with Crippen LogP contribution < -0.4 is 5.32 Å². The van der Waals surface area contributed by atoms with Crippen molar-refractivity contribution in [1.82, 2.24) is 4.98 Å². The number of aromatic nitrogens is 1. The Hall–Kier alpha value is -2.89. The van der Waals surface area contributed by atoms with E-state index in [1.165, 1.54) is 26.1 Å². The van der Waals surface area contributed by atoms with Crippen molar-refractivity contribution >= 4 is 23.3 Å². The van der Waals surface area contributed by atoms with Crippen molar-refractivity contribution in [3.05, 3.63) is 52.3 Å². The standard InChI is InChI=1S/C19H22N2O4/c1-10-6-11(2)17(12(3)7-10)21-18(23)14(5)25-19(24)16-8-15(9-20-16)13(4)22/h6-9,14,20H,1-5H3,(H,21,23)/t14-/m0/s1. The molecule has 2 rings (SSSR count). The van der Waals surface area contributed by atoms with E-state index in [0.717, 1.165) is 22.4 Å². The Labute approximate surface area is 146 Å². The fourth-order valence-corrected chi connectivity index (χ4v) is 2.60. The summed E-state index contributed by atoms with van der Waals surface area (Å²) in [5.41, 5.74) is 4.24. The minimum absolute atomic E-state index is 0.132. The first-order chi connectivity index (χ1) is 11.7. The fourth-order valence-electron chi connectivity index (χ4n) is 2.60. The van der Waals surface area contributed by atoms with Gasteiger partial charge in [0.1, 0.15) is 5.69 Å². The van der Waals surface area contributed by atoms with E-state index in [1.807, 2.05) is 32.9 Å². The molecule has 1 aromatic carbocycles. The number of hydrogen-bond donors (Lipinski definition) is 2. The number of Topliss-reactive ketones (excluding diaryl/α,β-unsaturated/α-hetero) is 1. The van der Waals surface area contributed by atoms with Crippen molar-refractivity contribution in [2.45, 2.75) is 40.7 Å². The van der Waals surface area contributed by atoms with Gasteiger partial charge in [0.15, 0.2) is 11.9 Å². The van der Waals surface area contributed by atoms with Crippen LogP contribution in [0, 0.1) is 20.8 Å². The van der Waals surface area contributed by atoms with Gasteiger partial charge >= 0.3 is 5.97 Å². The number of anilines is 1. The predicted octanol–water partition coefficient (Wildman–Crippen LogP) is 3.33. The fraction of sp³-hybridized carbons (Fsp3) is 0.316. The van der Waals surface area contributed by atoms with Crippen LogP contribution in [0.15, 0.2) is 24.4 Å². The lowest BCUT2D eigenvalue weighted by molar-refractivity contribution is -0.123. The SMILES string of the molecule is CC(=O)c1c[nH]c(C(=O)O[C@@H](C)C(=O)Nc2c(C)cc(C)cc2C)c1. The number of carbonyl (C=O) groups excluding carboxylic acids is 3. The highest BCUT2D eigenvalue weighted by atomic mass is 16.5. The number of carbonyl (C=O) groups is 3. The van der Waals surface area contributed by atoms with E-state index in [2.05, 4.69) is 10.3 Å². The van der Waals surface area contributed by atoms with E-state index in [4.69, 9.17) is 4.74 Å². The molecule has 0 aliphatic heterocycles. The quantitative estimate of drug-likeness (QED) is 0.644. The summed E-state index contributed by atoms with van der Waals surface area (Å²) in [5.74, 6) is -1.26. The number of nitrogens with one attached hydrogen (secondary N) is 2. The maximum Gasteiger partial charge on any atom is 0.355 e. The van der Waals surface area contributed by atoms with Gasteiger partial charge in [-0.2, -0.15) is 0 Å². The highest BCUT2D eigenvalue weighted by Crippen LogP contribution is 2.22. The third kappa shape index (κ3) is 4.35. The molecular formula is C19H22N2O4. The third-order valence-electron chi connectivity index (χ3n) is 3.89. The van der Waals surface area contributed by atoms with Crippen LogP contribution in [-0.2, 0) is 9.53 Å². The summed E-state index contributed by atoms with van der Waals surface area (Å²) in [7, 11) is 0.